The molecule has 9 heteroatoms. The quantitative estimate of drug-likeness (QED) is 0.741. The highest BCUT2D eigenvalue weighted by Gasteiger charge is 2.18. The Morgan fingerprint density at radius 3 is 2.35 bits per heavy atom. The number of amides is 2. The Balaban J connectivity index is 1.90. The number of hydrogen-bond donors (Lipinski definition) is 2. The van der Waals surface area contributed by atoms with Gasteiger partial charge in [-0.15, -0.1) is 11.3 Å². The summed E-state index contributed by atoms with van der Waals surface area (Å²) in [6.45, 7) is 1.84. The topological polar surface area (TPSA) is 95.6 Å². The standard InChI is InChI=1S/C17H21N3O4S2/c1-12(19-17(22)15-5-4-10-25-15)16(21)18-11-13-6-8-14(9-7-13)26(23,24)20(2)3/h4-10,12H,11H2,1-3H3,(H,18,21)(H,19,22). The van der Waals surface area contributed by atoms with Crippen molar-refractivity contribution in [2.75, 3.05) is 14.1 Å². The summed E-state index contributed by atoms with van der Waals surface area (Å²) >= 11 is 1.30. The molecule has 1 heterocycles. The summed E-state index contributed by atoms with van der Waals surface area (Å²) in [6, 6.07) is 9.06. The zero-order valence-corrected chi connectivity index (χ0v) is 16.4. The molecule has 140 valence electrons. The number of benzene rings is 1. The van der Waals surface area contributed by atoms with E-state index in [2.05, 4.69) is 10.6 Å². The van der Waals surface area contributed by atoms with Crippen LogP contribution >= 0.6 is 11.3 Å². The summed E-state index contributed by atoms with van der Waals surface area (Å²) in [4.78, 5) is 24.8. The third-order valence-corrected chi connectivity index (χ3v) is 6.35. The van der Waals surface area contributed by atoms with Gasteiger partial charge in [-0.25, -0.2) is 12.7 Å². The van der Waals surface area contributed by atoms with E-state index in [9.17, 15) is 18.0 Å². The Morgan fingerprint density at radius 2 is 1.81 bits per heavy atom. The molecule has 7 nitrogen and oxygen atoms in total. The molecule has 1 aromatic carbocycles. The molecule has 2 rings (SSSR count). The van der Waals surface area contributed by atoms with E-state index in [4.69, 9.17) is 0 Å². The highest BCUT2D eigenvalue weighted by molar-refractivity contribution is 7.89. The second-order valence-electron chi connectivity index (χ2n) is 5.82. The van der Waals surface area contributed by atoms with Gasteiger partial charge >= 0.3 is 0 Å². The molecule has 2 N–H and O–H groups in total. The van der Waals surface area contributed by atoms with Gasteiger partial charge in [0.1, 0.15) is 6.04 Å². The van der Waals surface area contributed by atoms with Crippen molar-refractivity contribution >= 4 is 33.2 Å². The minimum absolute atomic E-state index is 0.189. The van der Waals surface area contributed by atoms with Gasteiger partial charge < -0.3 is 10.6 Å². The van der Waals surface area contributed by atoms with Crippen LogP contribution in [0.15, 0.2) is 46.7 Å². The van der Waals surface area contributed by atoms with Crippen LogP contribution in [0.2, 0.25) is 0 Å². The van der Waals surface area contributed by atoms with Crippen LogP contribution < -0.4 is 10.6 Å². The lowest BCUT2D eigenvalue weighted by Gasteiger charge is -2.14. The highest BCUT2D eigenvalue weighted by atomic mass is 32.2. The fourth-order valence-electron chi connectivity index (χ4n) is 2.07. The molecular formula is C17H21N3O4S2. The summed E-state index contributed by atoms with van der Waals surface area (Å²) in [5, 5.41) is 7.15. The summed E-state index contributed by atoms with van der Waals surface area (Å²) in [7, 11) is -0.539. The first kappa shape index (κ1) is 20.1. The normalized spacial score (nSPS) is 12.6. The van der Waals surface area contributed by atoms with Crippen molar-refractivity contribution in [2.24, 2.45) is 0 Å². The Labute approximate surface area is 157 Å². The zero-order valence-electron chi connectivity index (χ0n) is 14.7. The molecule has 1 atom stereocenters. The molecule has 2 aromatic rings. The van der Waals surface area contributed by atoms with Crippen molar-refractivity contribution in [1.29, 1.82) is 0 Å². The van der Waals surface area contributed by atoms with Crippen molar-refractivity contribution < 1.29 is 18.0 Å². The van der Waals surface area contributed by atoms with Crippen molar-refractivity contribution in [2.45, 2.75) is 24.4 Å². The number of carbonyl (C=O) groups excluding carboxylic acids is 2. The summed E-state index contributed by atoms with van der Waals surface area (Å²) in [5.74, 6) is -0.610. The number of carbonyl (C=O) groups is 2. The number of nitrogens with zero attached hydrogens (tertiary/aromatic N) is 1. The van der Waals surface area contributed by atoms with E-state index in [0.29, 0.717) is 4.88 Å². The van der Waals surface area contributed by atoms with Gasteiger partial charge in [-0.3, -0.25) is 9.59 Å². The molecule has 0 bridgehead atoms. The predicted octanol–water partition coefficient (Wildman–Crippen LogP) is 1.43. The van der Waals surface area contributed by atoms with Crippen molar-refractivity contribution in [1.82, 2.24) is 14.9 Å². The second-order valence-corrected chi connectivity index (χ2v) is 8.92. The van der Waals surface area contributed by atoms with Crippen molar-refractivity contribution in [3.63, 3.8) is 0 Å². The van der Waals surface area contributed by atoms with E-state index >= 15 is 0 Å². The minimum atomic E-state index is -3.47. The zero-order chi connectivity index (χ0) is 19.3. The monoisotopic (exact) mass is 395 g/mol. The van der Waals surface area contributed by atoms with Gasteiger partial charge in [0, 0.05) is 20.6 Å². The molecular weight excluding hydrogens is 374 g/mol. The van der Waals surface area contributed by atoms with E-state index in [0.717, 1.165) is 9.87 Å². The first-order chi connectivity index (χ1) is 12.2. The number of nitrogens with one attached hydrogen (secondary N) is 2. The van der Waals surface area contributed by atoms with Gasteiger partial charge in [0.2, 0.25) is 15.9 Å². The van der Waals surface area contributed by atoms with Crippen LogP contribution in [0, 0.1) is 0 Å². The van der Waals surface area contributed by atoms with Crippen LogP contribution in [0.4, 0.5) is 0 Å². The van der Waals surface area contributed by atoms with E-state index in [1.165, 1.54) is 37.6 Å². The Bertz CT molecular complexity index is 860. The molecule has 0 spiro atoms. The van der Waals surface area contributed by atoms with Gasteiger partial charge in [0.25, 0.3) is 5.91 Å². The maximum Gasteiger partial charge on any atom is 0.261 e. The molecule has 26 heavy (non-hydrogen) atoms. The third kappa shape index (κ3) is 4.90. The van der Waals surface area contributed by atoms with Gasteiger partial charge in [0.05, 0.1) is 9.77 Å². The summed E-state index contributed by atoms with van der Waals surface area (Å²) < 4.78 is 25.2. The molecule has 1 unspecified atom stereocenters. The average Bonchev–Trinajstić information content (AvgIpc) is 3.14. The fourth-order valence-corrected chi connectivity index (χ4v) is 3.60. The lowest BCUT2D eigenvalue weighted by atomic mass is 10.2. The van der Waals surface area contributed by atoms with Gasteiger partial charge in [-0.1, -0.05) is 18.2 Å². The molecule has 2 amide bonds. The van der Waals surface area contributed by atoms with E-state index in [1.807, 2.05) is 0 Å². The summed E-state index contributed by atoms with van der Waals surface area (Å²) in [6.07, 6.45) is 0. The summed E-state index contributed by atoms with van der Waals surface area (Å²) in [5.41, 5.74) is 0.757. The number of rotatable bonds is 7. The lowest BCUT2D eigenvalue weighted by Crippen LogP contribution is -2.44. The molecule has 0 saturated heterocycles. The van der Waals surface area contributed by atoms with Crippen LogP contribution in [-0.4, -0.2) is 44.7 Å². The van der Waals surface area contributed by atoms with Crippen LogP contribution in [0.3, 0.4) is 0 Å². The van der Waals surface area contributed by atoms with Gasteiger partial charge in [-0.2, -0.15) is 0 Å². The van der Waals surface area contributed by atoms with Crippen LogP contribution in [0.1, 0.15) is 22.2 Å². The predicted molar refractivity (Wildman–Crippen MR) is 100 cm³/mol. The van der Waals surface area contributed by atoms with Crippen molar-refractivity contribution in [3.8, 4) is 0 Å². The Kier molecular flexibility index (Phi) is 6.52. The lowest BCUT2D eigenvalue weighted by molar-refractivity contribution is -0.122. The van der Waals surface area contributed by atoms with Crippen LogP contribution in [-0.2, 0) is 21.4 Å². The second kappa shape index (κ2) is 8.43. The molecule has 0 fully saturated rings. The third-order valence-electron chi connectivity index (χ3n) is 3.65. The fraction of sp³-hybridized carbons (Fsp3) is 0.294. The van der Waals surface area contributed by atoms with Crippen molar-refractivity contribution in [3.05, 3.63) is 52.2 Å². The smallest absolute Gasteiger partial charge is 0.261 e. The minimum Gasteiger partial charge on any atom is -0.350 e. The SMILES string of the molecule is CC(NC(=O)c1cccs1)C(=O)NCc1ccc(S(=O)(=O)N(C)C)cc1. The number of thiophene rings is 1. The molecule has 0 saturated carbocycles. The van der Waals surface area contributed by atoms with Crippen LogP contribution in [0.25, 0.3) is 0 Å². The number of hydrogen-bond acceptors (Lipinski definition) is 5. The first-order valence-corrected chi connectivity index (χ1v) is 10.2. The molecule has 0 aliphatic heterocycles. The van der Waals surface area contributed by atoms with E-state index in [1.54, 1.807) is 36.6 Å². The Morgan fingerprint density at radius 1 is 1.15 bits per heavy atom. The van der Waals surface area contributed by atoms with E-state index in [-0.39, 0.29) is 23.3 Å². The molecule has 0 aliphatic carbocycles. The Hall–Kier alpha value is -2.23. The maximum absolute atomic E-state index is 12.1. The molecule has 0 radical (unpaired) electrons. The van der Waals surface area contributed by atoms with Gasteiger partial charge in [-0.05, 0) is 36.1 Å². The highest BCUT2D eigenvalue weighted by Crippen LogP contribution is 2.14. The van der Waals surface area contributed by atoms with E-state index < -0.39 is 16.1 Å². The average molecular weight is 396 g/mol. The van der Waals surface area contributed by atoms with Gasteiger partial charge in [0.15, 0.2) is 0 Å². The molecule has 0 aliphatic rings. The number of sulfonamides is 1. The molecule has 1 aromatic heterocycles. The first-order valence-electron chi connectivity index (χ1n) is 7.85. The maximum atomic E-state index is 12.1. The van der Waals surface area contributed by atoms with Crippen LogP contribution in [0.5, 0.6) is 0 Å². The largest absolute Gasteiger partial charge is 0.350 e.